The van der Waals surface area contributed by atoms with Gasteiger partial charge in [0.05, 0.1) is 30.5 Å². The van der Waals surface area contributed by atoms with Gasteiger partial charge >= 0.3 is 5.69 Å². The Labute approximate surface area is 130 Å². The van der Waals surface area contributed by atoms with Crippen molar-refractivity contribution in [2.75, 3.05) is 25.7 Å². The maximum atomic E-state index is 12.9. The maximum Gasteiger partial charge on any atom is 0.307 e. The van der Waals surface area contributed by atoms with E-state index in [9.17, 15) is 18.9 Å². The lowest BCUT2D eigenvalue weighted by Gasteiger charge is -2.03. The molecule has 2 rings (SSSR count). The molecular formula is C14H15F2N3O4. The van der Waals surface area contributed by atoms with Crippen LogP contribution in [0.1, 0.15) is 0 Å². The lowest BCUT2D eigenvalue weighted by molar-refractivity contribution is -0.387. The van der Waals surface area contributed by atoms with Crippen LogP contribution < -0.4 is 20.9 Å². The van der Waals surface area contributed by atoms with Gasteiger partial charge in [0.1, 0.15) is 17.3 Å². The highest BCUT2D eigenvalue weighted by atomic mass is 19.1. The molecule has 0 aliphatic heterocycles. The monoisotopic (exact) mass is 327 g/mol. The third kappa shape index (κ3) is 4.70. The number of nitro groups is 1. The maximum absolute atomic E-state index is 12.9. The zero-order chi connectivity index (χ0) is 17.6. The molecule has 0 amide bonds. The van der Waals surface area contributed by atoms with E-state index >= 15 is 0 Å². The van der Waals surface area contributed by atoms with Crippen molar-refractivity contribution >= 4 is 17.1 Å². The molecule has 0 aromatic heterocycles. The predicted molar refractivity (Wildman–Crippen MR) is 81.4 cm³/mol. The second kappa shape index (κ2) is 7.78. The van der Waals surface area contributed by atoms with Gasteiger partial charge in [-0.3, -0.25) is 10.1 Å². The minimum atomic E-state index is -0.962. The Kier molecular flexibility index (Phi) is 6.07. The van der Waals surface area contributed by atoms with Crippen molar-refractivity contribution in [3.8, 4) is 11.5 Å². The first-order chi connectivity index (χ1) is 10.8. The van der Waals surface area contributed by atoms with Gasteiger partial charge in [-0.25, -0.2) is 4.39 Å². The van der Waals surface area contributed by atoms with E-state index in [2.05, 4.69) is 4.74 Å². The van der Waals surface area contributed by atoms with Crippen molar-refractivity contribution in [1.29, 1.82) is 0 Å². The first-order valence-corrected chi connectivity index (χ1v) is 6.16. The van der Waals surface area contributed by atoms with E-state index in [-0.39, 0.29) is 17.3 Å². The molecule has 0 unspecified atom stereocenters. The number of rotatable bonds is 3. The molecule has 0 radical (unpaired) electrons. The molecule has 2 aromatic rings. The van der Waals surface area contributed by atoms with Gasteiger partial charge in [0.2, 0.25) is 5.82 Å². The van der Waals surface area contributed by atoms with E-state index in [1.54, 1.807) is 0 Å². The zero-order valence-electron chi connectivity index (χ0n) is 12.4. The molecule has 0 spiro atoms. The van der Waals surface area contributed by atoms with E-state index in [0.29, 0.717) is 11.4 Å². The van der Waals surface area contributed by atoms with Gasteiger partial charge in [0.25, 0.3) is 0 Å². The van der Waals surface area contributed by atoms with E-state index in [1.807, 2.05) is 0 Å². The smallest absolute Gasteiger partial charge is 0.307 e. The number of anilines is 2. The fourth-order valence-corrected chi connectivity index (χ4v) is 1.56. The number of hydrogen-bond acceptors (Lipinski definition) is 6. The summed E-state index contributed by atoms with van der Waals surface area (Å²) in [4.78, 5) is 9.40. The first kappa shape index (κ1) is 18.0. The minimum absolute atomic E-state index is 0.0376. The zero-order valence-corrected chi connectivity index (χ0v) is 12.4. The van der Waals surface area contributed by atoms with Crippen LogP contribution in [0.15, 0.2) is 30.3 Å². The molecular weight excluding hydrogens is 312 g/mol. The molecule has 23 heavy (non-hydrogen) atoms. The minimum Gasteiger partial charge on any atom is -0.494 e. The van der Waals surface area contributed by atoms with E-state index < -0.39 is 16.4 Å². The molecule has 0 aliphatic carbocycles. The highest BCUT2D eigenvalue weighted by Crippen LogP contribution is 2.29. The van der Waals surface area contributed by atoms with Crippen molar-refractivity contribution in [3.63, 3.8) is 0 Å². The summed E-state index contributed by atoms with van der Waals surface area (Å²) >= 11 is 0. The number of nitrogens with zero attached hydrogens (tertiary/aromatic N) is 1. The molecule has 0 atom stereocenters. The highest BCUT2D eigenvalue weighted by Gasteiger charge is 2.17. The predicted octanol–water partition coefficient (Wildman–Crippen LogP) is 2.74. The fraction of sp³-hybridized carbons (Fsp3) is 0.143. The summed E-state index contributed by atoms with van der Waals surface area (Å²) in [6.45, 7) is 0. The van der Waals surface area contributed by atoms with Crippen LogP contribution in [0.25, 0.3) is 0 Å². The van der Waals surface area contributed by atoms with Crippen LogP contribution in [-0.4, -0.2) is 19.1 Å². The molecule has 0 aliphatic rings. The number of methoxy groups -OCH3 is 2. The molecule has 7 nitrogen and oxygen atoms in total. The molecule has 2 aromatic carbocycles. The first-order valence-electron chi connectivity index (χ1n) is 6.16. The largest absolute Gasteiger partial charge is 0.494 e. The van der Waals surface area contributed by atoms with Gasteiger partial charge in [0, 0.05) is 18.2 Å². The average Bonchev–Trinajstić information content (AvgIpc) is 2.51. The van der Waals surface area contributed by atoms with Crippen molar-refractivity contribution in [2.24, 2.45) is 0 Å². The standard InChI is InChI=1S/C7H7FN2O3.C7H8FNO/c1-13-7-2-4(8)6(10(11)12)3-5(7)9;1-10-7-4-5(8)2-3-6(7)9/h2-3H,9H2,1H3;2-4H,9H2,1H3. The Hall–Kier alpha value is -3.10. The van der Waals surface area contributed by atoms with Crippen LogP contribution in [0, 0.1) is 21.7 Å². The second-order valence-electron chi connectivity index (χ2n) is 4.19. The Bertz CT molecular complexity index is 711. The molecule has 9 heteroatoms. The van der Waals surface area contributed by atoms with Crippen LogP contribution >= 0.6 is 0 Å². The van der Waals surface area contributed by atoms with Gasteiger partial charge in [-0.2, -0.15) is 4.39 Å². The Morgan fingerprint density at radius 1 is 1.00 bits per heavy atom. The van der Waals surface area contributed by atoms with Gasteiger partial charge in [0.15, 0.2) is 0 Å². The third-order valence-electron chi connectivity index (χ3n) is 2.69. The topological polar surface area (TPSA) is 114 Å². The SMILES string of the molecule is COc1cc(F)c([N+](=O)[O-])cc1N.COc1cc(F)ccc1N. The summed E-state index contributed by atoms with van der Waals surface area (Å²) in [5.74, 6) is -0.842. The Balaban J connectivity index is 0.000000238. The summed E-state index contributed by atoms with van der Waals surface area (Å²) in [5, 5.41) is 10.2. The molecule has 0 fully saturated rings. The summed E-state index contributed by atoms with van der Waals surface area (Å²) in [6, 6.07) is 5.81. The van der Waals surface area contributed by atoms with Crippen LogP contribution in [-0.2, 0) is 0 Å². The number of nitro benzene ring substituents is 1. The van der Waals surface area contributed by atoms with Crippen LogP contribution in [0.4, 0.5) is 25.8 Å². The van der Waals surface area contributed by atoms with Gasteiger partial charge < -0.3 is 20.9 Å². The van der Waals surface area contributed by atoms with Crippen molar-refractivity contribution in [3.05, 3.63) is 52.1 Å². The van der Waals surface area contributed by atoms with Crippen LogP contribution in [0.3, 0.4) is 0 Å². The Morgan fingerprint density at radius 2 is 1.57 bits per heavy atom. The summed E-state index contributed by atoms with van der Waals surface area (Å²) in [6.07, 6.45) is 0. The lowest BCUT2D eigenvalue weighted by Crippen LogP contribution is -1.98. The molecule has 0 saturated heterocycles. The third-order valence-corrected chi connectivity index (χ3v) is 2.69. The van der Waals surface area contributed by atoms with Crippen molar-refractivity contribution < 1.29 is 23.2 Å². The van der Waals surface area contributed by atoms with E-state index in [1.165, 1.54) is 32.4 Å². The molecule has 4 N–H and O–H groups in total. The normalized spacial score (nSPS) is 9.57. The number of ether oxygens (including phenoxy) is 2. The van der Waals surface area contributed by atoms with E-state index in [0.717, 1.165) is 12.1 Å². The van der Waals surface area contributed by atoms with Gasteiger partial charge in [-0.1, -0.05) is 0 Å². The van der Waals surface area contributed by atoms with E-state index in [4.69, 9.17) is 16.2 Å². The molecule has 0 bridgehead atoms. The fourth-order valence-electron chi connectivity index (χ4n) is 1.56. The Morgan fingerprint density at radius 3 is 2.04 bits per heavy atom. The van der Waals surface area contributed by atoms with Gasteiger partial charge in [-0.15, -0.1) is 0 Å². The molecule has 0 saturated carbocycles. The number of halogens is 2. The van der Waals surface area contributed by atoms with Gasteiger partial charge in [-0.05, 0) is 12.1 Å². The summed E-state index contributed by atoms with van der Waals surface area (Å²) in [5.41, 5.74) is 10.6. The van der Waals surface area contributed by atoms with Crippen LogP contribution in [0.5, 0.6) is 11.5 Å². The summed E-state index contributed by atoms with van der Waals surface area (Å²) < 4.78 is 34.7. The van der Waals surface area contributed by atoms with Crippen LogP contribution in [0.2, 0.25) is 0 Å². The number of hydrogen-bond donors (Lipinski definition) is 2. The quantitative estimate of drug-likeness (QED) is 0.509. The molecule has 124 valence electrons. The highest BCUT2D eigenvalue weighted by molar-refractivity contribution is 5.58. The number of nitrogens with two attached hydrogens (primary N) is 2. The average molecular weight is 327 g/mol. The summed E-state index contributed by atoms with van der Waals surface area (Å²) in [7, 11) is 2.75. The van der Waals surface area contributed by atoms with Crippen molar-refractivity contribution in [2.45, 2.75) is 0 Å². The van der Waals surface area contributed by atoms with Crippen molar-refractivity contribution in [1.82, 2.24) is 0 Å². The number of nitrogen functional groups attached to an aromatic ring is 2. The number of benzene rings is 2. The lowest BCUT2D eigenvalue weighted by atomic mass is 10.2. The molecule has 0 heterocycles. The second-order valence-corrected chi connectivity index (χ2v) is 4.19.